The maximum atomic E-state index is 11.6. The van der Waals surface area contributed by atoms with Crippen molar-refractivity contribution < 1.29 is 8.42 Å². The zero-order valence-corrected chi connectivity index (χ0v) is 10.3. The van der Waals surface area contributed by atoms with Gasteiger partial charge in [0, 0.05) is 6.26 Å². The second kappa shape index (κ2) is 3.24. The minimum Gasteiger partial charge on any atom is -0.235 e. The number of rotatable bonds is 2. The monoisotopic (exact) mass is 254 g/mol. The van der Waals surface area contributed by atoms with Crippen LogP contribution in [0.4, 0.5) is 0 Å². The Morgan fingerprint density at radius 2 is 2.12 bits per heavy atom. The van der Waals surface area contributed by atoms with Crippen molar-refractivity contribution in [3.05, 3.63) is 17.3 Å². The highest BCUT2D eigenvalue weighted by Crippen LogP contribution is 2.45. The molecule has 4 nitrogen and oxygen atoms in total. The lowest BCUT2D eigenvalue weighted by atomic mass is 10.2. The lowest BCUT2D eigenvalue weighted by Crippen LogP contribution is -2.01. The van der Waals surface area contributed by atoms with Gasteiger partial charge in [0.1, 0.15) is 6.33 Å². The van der Waals surface area contributed by atoms with Crippen molar-refractivity contribution >= 4 is 31.4 Å². The number of aromatic nitrogens is 2. The molecule has 6 heteroatoms. The highest BCUT2D eigenvalue weighted by atomic mass is 32.2. The third kappa shape index (κ3) is 1.53. The van der Waals surface area contributed by atoms with E-state index < -0.39 is 9.84 Å². The summed E-state index contributed by atoms with van der Waals surface area (Å²) in [5.74, 6) is 0.580. The quantitative estimate of drug-likeness (QED) is 0.769. The molecule has 0 radical (unpaired) electrons. The second-order valence-corrected chi connectivity index (χ2v) is 6.90. The van der Waals surface area contributed by atoms with Crippen LogP contribution in [0.25, 0.3) is 10.2 Å². The first-order valence-corrected chi connectivity index (χ1v) is 7.76. The van der Waals surface area contributed by atoms with Gasteiger partial charge in [-0.05, 0) is 29.7 Å². The average Bonchev–Trinajstić information content (AvgIpc) is 2.96. The smallest absolute Gasteiger partial charge is 0.194 e. The third-order valence-electron chi connectivity index (χ3n) is 2.72. The SMILES string of the molecule is CS(=O)(=O)c1ncnc2c(C3CC3)csc12. The van der Waals surface area contributed by atoms with Crippen LogP contribution in [0.2, 0.25) is 0 Å². The lowest BCUT2D eigenvalue weighted by molar-refractivity contribution is 0.599. The van der Waals surface area contributed by atoms with Crippen LogP contribution < -0.4 is 0 Å². The Labute approximate surface area is 97.3 Å². The molecule has 0 aliphatic heterocycles. The molecule has 0 amide bonds. The Morgan fingerprint density at radius 3 is 2.75 bits per heavy atom. The number of nitrogens with zero attached hydrogens (tertiary/aromatic N) is 2. The van der Waals surface area contributed by atoms with Crippen molar-refractivity contribution in [1.82, 2.24) is 9.97 Å². The zero-order chi connectivity index (χ0) is 11.3. The first-order valence-electron chi connectivity index (χ1n) is 4.99. The summed E-state index contributed by atoms with van der Waals surface area (Å²) in [6.45, 7) is 0. The standard InChI is InChI=1S/C10H10N2O2S2/c1-16(13,14)10-9-8(11-5-12-10)7(4-15-9)6-2-3-6/h4-6H,2-3H2,1H3. The van der Waals surface area contributed by atoms with Gasteiger partial charge in [0.15, 0.2) is 14.9 Å². The molecule has 0 N–H and O–H groups in total. The van der Waals surface area contributed by atoms with Crippen LogP contribution in [0, 0.1) is 0 Å². The van der Waals surface area contributed by atoms with Crippen LogP contribution in [-0.2, 0) is 9.84 Å². The van der Waals surface area contributed by atoms with E-state index >= 15 is 0 Å². The maximum absolute atomic E-state index is 11.6. The summed E-state index contributed by atoms with van der Waals surface area (Å²) in [4.78, 5) is 8.09. The van der Waals surface area contributed by atoms with Crippen molar-refractivity contribution in [2.75, 3.05) is 6.26 Å². The molecular formula is C10H10N2O2S2. The predicted octanol–water partition coefficient (Wildman–Crippen LogP) is 1.97. The average molecular weight is 254 g/mol. The van der Waals surface area contributed by atoms with Crippen LogP contribution in [0.5, 0.6) is 0 Å². The van der Waals surface area contributed by atoms with E-state index in [1.807, 2.05) is 5.38 Å². The molecule has 0 spiro atoms. The predicted molar refractivity (Wildman–Crippen MR) is 62.5 cm³/mol. The molecule has 2 heterocycles. The summed E-state index contributed by atoms with van der Waals surface area (Å²) in [5, 5.41) is 2.18. The summed E-state index contributed by atoms with van der Waals surface area (Å²) in [5.41, 5.74) is 2.01. The topological polar surface area (TPSA) is 59.9 Å². The Kier molecular flexibility index (Phi) is 2.06. The Hall–Kier alpha value is -1.01. The highest BCUT2D eigenvalue weighted by molar-refractivity contribution is 7.91. The summed E-state index contributed by atoms with van der Waals surface area (Å²) in [6, 6.07) is 0. The summed E-state index contributed by atoms with van der Waals surface area (Å²) in [6.07, 6.45) is 4.90. The van der Waals surface area contributed by atoms with E-state index in [2.05, 4.69) is 9.97 Å². The normalized spacial score (nSPS) is 16.8. The Balaban J connectivity index is 2.32. The molecule has 0 bridgehead atoms. The van der Waals surface area contributed by atoms with Gasteiger partial charge < -0.3 is 0 Å². The minimum absolute atomic E-state index is 0.161. The van der Waals surface area contributed by atoms with Gasteiger partial charge in [-0.15, -0.1) is 11.3 Å². The van der Waals surface area contributed by atoms with Gasteiger partial charge in [0.05, 0.1) is 10.2 Å². The van der Waals surface area contributed by atoms with Crippen LogP contribution in [0.3, 0.4) is 0 Å². The van der Waals surface area contributed by atoms with Crippen LogP contribution in [0.15, 0.2) is 16.7 Å². The van der Waals surface area contributed by atoms with E-state index in [-0.39, 0.29) is 5.03 Å². The van der Waals surface area contributed by atoms with Gasteiger partial charge in [0.25, 0.3) is 0 Å². The summed E-state index contributed by atoms with van der Waals surface area (Å²) < 4.78 is 23.8. The fraction of sp³-hybridized carbons (Fsp3) is 0.400. The number of hydrogen-bond acceptors (Lipinski definition) is 5. The number of fused-ring (bicyclic) bond motifs is 1. The first-order chi connectivity index (χ1) is 7.57. The van der Waals surface area contributed by atoms with Crippen molar-refractivity contribution in [2.45, 2.75) is 23.8 Å². The molecular weight excluding hydrogens is 244 g/mol. The van der Waals surface area contributed by atoms with E-state index in [0.717, 1.165) is 5.52 Å². The van der Waals surface area contributed by atoms with Crippen LogP contribution >= 0.6 is 11.3 Å². The first kappa shape index (κ1) is 10.2. The van der Waals surface area contributed by atoms with E-state index in [0.29, 0.717) is 10.6 Å². The third-order valence-corrected chi connectivity index (χ3v) is 4.85. The molecule has 1 aliphatic carbocycles. The molecule has 0 unspecified atom stereocenters. The largest absolute Gasteiger partial charge is 0.235 e. The van der Waals surface area contributed by atoms with Gasteiger partial charge in [-0.1, -0.05) is 0 Å². The van der Waals surface area contributed by atoms with Crippen LogP contribution in [0.1, 0.15) is 24.3 Å². The van der Waals surface area contributed by atoms with E-state index in [4.69, 9.17) is 0 Å². The Morgan fingerprint density at radius 1 is 1.38 bits per heavy atom. The van der Waals surface area contributed by atoms with Crippen molar-refractivity contribution in [1.29, 1.82) is 0 Å². The minimum atomic E-state index is -3.26. The molecule has 16 heavy (non-hydrogen) atoms. The molecule has 0 saturated heterocycles. The zero-order valence-electron chi connectivity index (χ0n) is 8.67. The second-order valence-electron chi connectivity index (χ2n) is 4.09. The summed E-state index contributed by atoms with van der Waals surface area (Å²) >= 11 is 1.43. The molecule has 1 aliphatic rings. The van der Waals surface area contributed by atoms with E-state index in [9.17, 15) is 8.42 Å². The maximum Gasteiger partial charge on any atom is 0.194 e. The molecule has 0 aromatic carbocycles. The summed E-state index contributed by atoms with van der Waals surface area (Å²) in [7, 11) is -3.26. The Bertz CT molecular complexity index is 657. The fourth-order valence-electron chi connectivity index (χ4n) is 1.80. The fourth-order valence-corrected chi connectivity index (χ4v) is 4.05. The number of hydrogen-bond donors (Lipinski definition) is 0. The number of thiophene rings is 1. The molecule has 3 rings (SSSR count). The van der Waals surface area contributed by atoms with Gasteiger partial charge in [-0.2, -0.15) is 0 Å². The lowest BCUT2D eigenvalue weighted by Gasteiger charge is -1.99. The van der Waals surface area contributed by atoms with Crippen molar-refractivity contribution in [3.8, 4) is 0 Å². The molecule has 1 saturated carbocycles. The van der Waals surface area contributed by atoms with Gasteiger partial charge in [-0.3, -0.25) is 0 Å². The van der Waals surface area contributed by atoms with Gasteiger partial charge in [-0.25, -0.2) is 18.4 Å². The van der Waals surface area contributed by atoms with Gasteiger partial charge >= 0.3 is 0 Å². The van der Waals surface area contributed by atoms with E-state index in [1.165, 1.54) is 42.3 Å². The van der Waals surface area contributed by atoms with Crippen LogP contribution in [-0.4, -0.2) is 24.6 Å². The highest BCUT2D eigenvalue weighted by Gasteiger charge is 2.28. The molecule has 2 aromatic heterocycles. The van der Waals surface area contributed by atoms with Crippen molar-refractivity contribution in [3.63, 3.8) is 0 Å². The molecule has 1 fully saturated rings. The van der Waals surface area contributed by atoms with Crippen molar-refractivity contribution in [2.24, 2.45) is 0 Å². The molecule has 2 aromatic rings. The number of sulfone groups is 1. The van der Waals surface area contributed by atoms with Gasteiger partial charge in [0.2, 0.25) is 0 Å². The molecule has 84 valence electrons. The molecule has 0 atom stereocenters. The van der Waals surface area contributed by atoms with E-state index in [1.54, 1.807) is 0 Å².